The maximum Gasteiger partial charge on any atom is 0.336 e. The third-order valence-corrected chi connectivity index (χ3v) is 12.5. The summed E-state index contributed by atoms with van der Waals surface area (Å²) in [5.41, 5.74) is 3.58. The van der Waals surface area contributed by atoms with E-state index in [9.17, 15) is 9.46 Å². The summed E-state index contributed by atoms with van der Waals surface area (Å²) in [4.78, 5) is 10.1. The highest BCUT2D eigenvalue weighted by atomic mass is 32.2. The van der Waals surface area contributed by atoms with Crippen molar-refractivity contribution < 1.29 is 17.9 Å². The molecule has 0 amide bonds. The highest BCUT2D eigenvalue weighted by molar-refractivity contribution is 7.98. The van der Waals surface area contributed by atoms with Gasteiger partial charge in [0.15, 0.2) is 0 Å². The van der Waals surface area contributed by atoms with Gasteiger partial charge in [-0.15, -0.1) is 0 Å². The Labute approximate surface area is 158 Å². The second-order valence-corrected chi connectivity index (χ2v) is 16.0. The number of rotatable bonds is 8. The predicted molar refractivity (Wildman–Crippen MR) is 110 cm³/mol. The van der Waals surface area contributed by atoms with Crippen LogP contribution in [0.3, 0.4) is 0 Å². The molecule has 1 atom stereocenters. The number of hydrogen-bond acceptors (Lipinski definition) is 4. The Kier molecular flexibility index (Phi) is 7.85. The maximum atomic E-state index is 11.3. The van der Waals surface area contributed by atoms with Crippen LogP contribution >= 0.6 is 19.6 Å². The Morgan fingerprint density at radius 2 is 1.40 bits per heavy atom. The molecule has 1 rings (SSSR count). The monoisotopic (exact) mass is 404 g/mol. The molecule has 0 aromatic heterocycles. The Morgan fingerprint density at radius 1 is 1.00 bits per heavy atom. The fourth-order valence-corrected chi connectivity index (χ4v) is 10.5. The van der Waals surface area contributed by atoms with Crippen molar-refractivity contribution >= 4 is 28.0 Å². The molecule has 1 aromatic carbocycles. The molecule has 0 spiro atoms. The lowest BCUT2D eigenvalue weighted by atomic mass is 10.1. The topological polar surface area (TPSA) is 55.8 Å². The largest absolute Gasteiger partial charge is 0.542 e. The van der Waals surface area contributed by atoms with E-state index in [1.807, 2.05) is 26.0 Å². The van der Waals surface area contributed by atoms with Gasteiger partial charge in [-0.05, 0) is 53.7 Å². The van der Waals surface area contributed by atoms with Crippen LogP contribution in [0.2, 0.25) is 16.6 Å². The lowest BCUT2D eigenvalue weighted by Gasteiger charge is -2.43. The quantitative estimate of drug-likeness (QED) is 0.297. The van der Waals surface area contributed by atoms with Gasteiger partial charge in [-0.2, -0.15) is 0 Å². The van der Waals surface area contributed by atoms with E-state index >= 15 is 0 Å². The van der Waals surface area contributed by atoms with Gasteiger partial charge in [-0.1, -0.05) is 41.5 Å². The first-order valence-corrected chi connectivity index (χ1v) is 13.7. The fourth-order valence-electron chi connectivity index (χ4n) is 3.76. The summed E-state index contributed by atoms with van der Waals surface area (Å²) in [7, 11) is -5.53. The Hall–Kier alpha value is -0.263. The van der Waals surface area contributed by atoms with Crippen LogP contribution in [0, 0.1) is 13.8 Å². The Morgan fingerprint density at radius 3 is 1.72 bits per heavy atom. The predicted octanol–water partition coefficient (Wildman–Crippen LogP) is 6.70. The average molecular weight is 405 g/mol. The smallest absolute Gasteiger partial charge is 0.336 e. The van der Waals surface area contributed by atoms with E-state index < -0.39 is 15.9 Å². The average Bonchev–Trinajstić information content (AvgIpc) is 2.42. The Bertz CT molecular complexity index is 595. The Balaban J connectivity index is 3.23. The second-order valence-electron chi connectivity index (χ2n) is 7.77. The van der Waals surface area contributed by atoms with Gasteiger partial charge in [0.05, 0.1) is 0 Å². The molecular weight excluding hydrogens is 371 g/mol. The molecule has 4 nitrogen and oxygen atoms in total. The molecule has 0 bridgehead atoms. The molecule has 1 unspecified atom stereocenters. The number of benzene rings is 1. The molecule has 7 heteroatoms. The summed E-state index contributed by atoms with van der Waals surface area (Å²) in [5, 5.41) is 0. The first-order valence-electron chi connectivity index (χ1n) is 8.78. The van der Waals surface area contributed by atoms with Gasteiger partial charge in [-0.25, -0.2) is 3.97 Å². The lowest BCUT2D eigenvalue weighted by molar-refractivity contribution is 0.409. The van der Waals surface area contributed by atoms with Crippen LogP contribution < -0.4 is 4.43 Å². The molecule has 0 radical (unpaired) electrons. The van der Waals surface area contributed by atoms with Crippen molar-refractivity contribution in [1.29, 1.82) is 0 Å². The summed E-state index contributed by atoms with van der Waals surface area (Å²) < 4.78 is 23.1. The van der Waals surface area contributed by atoms with Crippen molar-refractivity contribution in [2.45, 2.75) is 76.9 Å². The van der Waals surface area contributed by atoms with Gasteiger partial charge in [-0.3, -0.25) is 4.57 Å². The minimum atomic E-state index is -3.51. The zero-order valence-corrected chi connectivity index (χ0v) is 19.6. The summed E-state index contributed by atoms with van der Waals surface area (Å²) in [5.74, 6) is 0.954. The van der Waals surface area contributed by atoms with Crippen molar-refractivity contribution in [2.75, 3.05) is 6.66 Å². The normalized spacial score (nSPS) is 15.1. The van der Waals surface area contributed by atoms with E-state index in [0.717, 1.165) is 33.8 Å². The van der Waals surface area contributed by atoms with Gasteiger partial charge in [0, 0.05) is 23.6 Å². The third kappa shape index (κ3) is 5.60. The van der Waals surface area contributed by atoms with Gasteiger partial charge in [0.25, 0.3) is 8.32 Å². The summed E-state index contributed by atoms with van der Waals surface area (Å²) in [6.45, 7) is 18.9. The fraction of sp³-hybridized carbons (Fsp3) is 0.667. The van der Waals surface area contributed by atoms with Gasteiger partial charge < -0.3 is 9.32 Å². The van der Waals surface area contributed by atoms with Crippen LogP contribution in [0.15, 0.2) is 17.0 Å². The van der Waals surface area contributed by atoms with E-state index in [0.29, 0.717) is 16.6 Å². The maximum absolute atomic E-state index is 11.3. The number of hydrogen-bond donors (Lipinski definition) is 1. The van der Waals surface area contributed by atoms with Crippen LogP contribution in [-0.4, -0.2) is 19.9 Å². The minimum Gasteiger partial charge on any atom is -0.542 e. The molecule has 144 valence electrons. The molecular formula is C18H33O4PSSi. The van der Waals surface area contributed by atoms with Crippen molar-refractivity contribution in [3.8, 4) is 5.75 Å². The van der Waals surface area contributed by atoms with Crippen LogP contribution in [0.1, 0.15) is 52.7 Å². The molecule has 0 aliphatic heterocycles. The van der Waals surface area contributed by atoms with Gasteiger partial charge in [0.1, 0.15) is 5.75 Å². The van der Waals surface area contributed by atoms with Crippen LogP contribution in [-0.2, 0) is 8.54 Å². The minimum absolute atomic E-state index is 0.504. The molecule has 0 saturated carbocycles. The molecule has 0 heterocycles. The summed E-state index contributed by atoms with van der Waals surface area (Å²) >= 11 is 0.944. The SMILES string of the molecule is Cc1cc(SOP(C)(=O)O)cc(C)c1O[Si](C(C)C)(C(C)C)C(C)C. The van der Waals surface area contributed by atoms with Crippen LogP contribution in [0.5, 0.6) is 5.75 Å². The van der Waals surface area contributed by atoms with Crippen molar-refractivity contribution in [3.63, 3.8) is 0 Å². The van der Waals surface area contributed by atoms with Crippen LogP contribution in [0.25, 0.3) is 0 Å². The second kappa shape index (κ2) is 8.62. The first kappa shape index (κ1) is 22.8. The van der Waals surface area contributed by atoms with E-state index in [1.54, 1.807) is 0 Å². The molecule has 0 aliphatic carbocycles. The van der Waals surface area contributed by atoms with Gasteiger partial charge >= 0.3 is 7.60 Å². The van der Waals surface area contributed by atoms with Crippen molar-refractivity contribution in [1.82, 2.24) is 0 Å². The van der Waals surface area contributed by atoms with Crippen molar-refractivity contribution in [3.05, 3.63) is 23.3 Å². The number of aryl methyl sites for hydroxylation is 2. The van der Waals surface area contributed by atoms with Crippen LogP contribution in [0.4, 0.5) is 0 Å². The van der Waals surface area contributed by atoms with E-state index in [2.05, 4.69) is 41.5 Å². The molecule has 25 heavy (non-hydrogen) atoms. The third-order valence-electron chi connectivity index (χ3n) is 4.69. The van der Waals surface area contributed by atoms with E-state index in [1.165, 1.54) is 6.66 Å². The van der Waals surface area contributed by atoms with E-state index in [4.69, 9.17) is 8.40 Å². The first-order chi connectivity index (χ1) is 11.3. The van der Waals surface area contributed by atoms with E-state index in [-0.39, 0.29) is 0 Å². The molecule has 0 fully saturated rings. The van der Waals surface area contributed by atoms with Crippen molar-refractivity contribution in [2.24, 2.45) is 0 Å². The highest BCUT2D eigenvalue weighted by Crippen LogP contribution is 2.47. The zero-order valence-electron chi connectivity index (χ0n) is 16.9. The van der Waals surface area contributed by atoms with Gasteiger partial charge in [0.2, 0.25) is 0 Å². The molecule has 1 N–H and O–H groups in total. The summed E-state index contributed by atoms with van der Waals surface area (Å²) in [6, 6.07) is 3.92. The summed E-state index contributed by atoms with van der Waals surface area (Å²) in [6.07, 6.45) is 0. The highest BCUT2D eigenvalue weighted by Gasteiger charge is 2.47. The lowest BCUT2D eigenvalue weighted by Crippen LogP contribution is -2.51. The molecule has 1 aromatic rings. The standard InChI is InChI=1S/C18H33O4PSSi/c1-12(2)25(13(3)4,14(5)6)21-18-15(7)10-17(11-16(18)8)24-22-23(9,19)20/h10-14H,1-9H3,(H,19,20). The molecule has 0 saturated heterocycles. The molecule has 0 aliphatic rings. The zero-order chi connectivity index (χ0) is 19.6.